The minimum absolute atomic E-state index is 0.177. The number of hydrogen-bond acceptors (Lipinski definition) is 4. The molecule has 3 atom stereocenters. The Morgan fingerprint density at radius 1 is 0.943 bits per heavy atom. The number of hydrazone groups is 1. The highest BCUT2D eigenvalue weighted by molar-refractivity contribution is 6.22. The third-order valence-corrected chi connectivity index (χ3v) is 6.87. The molecule has 3 aromatic rings. The molecule has 1 heterocycles. The molecule has 174 valence electrons. The number of carbonyl (C=O) groups is 2. The molecule has 0 unspecified atom stereocenters. The molecule has 3 aromatic carbocycles. The van der Waals surface area contributed by atoms with Crippen LogP contribution in [0, 0.1) is 11.3 Å². The Balaban J connectivity index is 1.69. The Morgan fingerprint density at radius 2 is 1.54 bits per heavy atom. The van der Waals surface area contributed by atoms with E-state index in [2.05, 4.69) is 0 Å². The summed E-state index contributed by atoms with van der Waals surface area (Å²) in [6.45, 7) is 1.86. The first-order valence-corrected chi connectivity index (χ1v) is 11.6. The highest BCUT2D eigenvalue weighted by Gasteiger charge is 2.60. The van der Waals surface area contributed by atoms with Gasteiger partial charge in [-0.2, -0.15) is 10.1 Å². The lowest BCUT2D eigenvalue weighted by Crippen LogP contribution is -2.42. The van der Waals surface area contributed by atoms with Gasteiger partial charge in [-0.05, 0) is 30.2 Å². The molecule has 2 aliphatic rings. The van der Waals surface area contributed by atoms with Gasteiger partial charge in [0.25, 0.3) is 5.91 Å². The van der Waals surface area contributed by atoms with E-state index in [0.29, 0.717) is 17.0 Å². The lowest BCUT2D eigenvalue weighted by molar-refractivity contribution is -0.136. The van der Waals surface area contributed by atoms with Crippen molar-refractivity contribution in [2.24, 2.45) is 16.4 Å². The van der Waals surface area contributed by atoms with Crippen molar-refractivity contribution in [1.82, 2.24) is 0 Å². The zero-order valence-electron chi connectivity index (χ0n) is 19.7. The second-order valence-electron chi connectivity index (χ2n) is 8.78. The Labute approximate surface area is 205 Å². The average Bonchev–Trinajstić information content (AvgIpc) is 3.39. The van der Waals surface area contributed by atoms with Crippen LogP contribution in [0.3, 0.4) is 0 Å². The van der Waals surface area contributed by atoms with Gasteiger partial charge in [-0.15, -0.1) is 0 Å². The molecule has 1 spiro atoms. The molecule has 0 fully saturated rings. The Hall–Kier alpha value is -4.25. The number of methoxy groups -OCH3 is 1. The van der Waals surface area contributed by atoms with Crippen LogP contribution in [0.5, 0.6) is 0 Å². The summed E-state index contributed by atoms with van der Waals surface area (Å²) in [5.74, 6) is -1.35. The molecule has 1 aliphatic heterocycles. The molecule has 35 heavy (non-hydrogen) atoms. The summed E-state index contributed by atoms with van der Waals surface area (Å²) < 4.78 is 5.19. The van der Waals surface area contributed by atoms with Crippen molar-refractivity contribution in [3.05, 3.63) is 120 Å². The maximum absolute atomic E-state index is 14.2. The largest absolute Gasteiger partial charge is 0.466 e. The van der Waals surface area contributed by atoms with E-state index in [1.165, 1.54) is 12.1 Å². The predicted molar refractivity (Wildman–Crippen MR) is 138 cm³/mol. The molecular weight excluding hydrogens is 436 g/mol. The number of benzene rings is 3. The monoisotopic (exact) mass is 462 g/mol. The summed E-state index contributed by atoms with van der Waals surface area (Å²) in [6, 6.07) is 29.1. The normalized spacial score (nSPS) is 23.6. The van der Waals surface area contributed by atoms with E-state index in [0.717, 1.165) is 11.1 Å². The van der Waals surface area contributed by atoms with E-state index < -0.39 is 11.4 Å². The van der Waals surface area contributed by atoms with Crippen LogP contribution >= 0.6 is 0 Å². The molecule has 1 amide bonds. The van der Waals surface area contributed by atoms with Gasteiger partial charge >= 0.3 is 5.97 Å². The minimum atomic E-state index is -1.11. The molecule has 0 N–H and O–H groups in total. The Kier molecular flexibility index (Phi) is 5.91. The van der Waals surface area contributed by atoms with E-state index in [-0.39, 0.29) is 17.7 Å². The average molecular weight is 463 g/mol. The fraction of sp³-hybridized carbons (Fsp3) is 0.167. The van der Waals surface area contributed by atoms with Crippen molar-refractivity contribution in [1.29, 1.82) is 0 Å². The summed E-state index contributed by atoms with van der Waals surface area (Å²) in [7, 11) is 1.37. The fourth-order valence-corrected chi connectivity index (χ4v) is 5.18. The number of para-hydroxylation sites is 1. The molecule has 0 bridgehead atoms. The number of hydrogen-bond donors (Lipinski definition) is 0. The highest BCUT2D eigenvalue weighted by atomic mass is 16.5. The third kappa shape index (κ3) is 3.79. The lowest BCUT2D eigenvalue weighted by Gasteiger charge is -2.31. The van der Waals surface area contributed by atoms with Gasteiger partial charge in [-0.3, -0.25) is 4.79 Å². The van der Waals surface area contributed by atoms with Crippen LogP contribution in [0.4, 0.5) is 5.69 Å². The second-order valence-corrected chi connectivity index (χ2v) is 8.78. The number of rotatable bonds is 5. The van der Waals surface area contributed by atoms with Gasteiger partial charge in [-0.25, -0.2) is 4.79 Å². The molecule has 5 rings (SSSR count). The Morgan fingerprint density at radius 3 is 2.17 bits per heavy atom. The zero-order valence-corrected chi connectivity index (χ0v) is 19.7. The zero-order chi connectivity index (χ0) is 24.4. The van der Waals surface area contributed by atoms with Gasteiger partial charge in [0, 0.05) is 17.4 Å². The highest BCUT2D eigenvalue weighted by Crippen LogP contribution is 2.55. The van der Waals surface area contributed by atoms with Crippen molar-refractivity contribution in [3.63, 3.8) is 0 Å². The SMILES string of the molecule is COC(=O)C1=C[C@]2(C(=O)N(c3ccccc3)N=C2C)[C@H](/C=C/c2ccccc2)[C@H]1c1ccccc1. The molecule has 0 aromatic heterocycles. The number of nitrogens with zero attached hydrogens (tertiary/aromatic N) is 2. The molecule has 5 nitrogen and oxygen atoms in total. The standard InChI is InChI=1S/C30H26N2O3/c1-21-30(29(34)32(31-21)24-16-10-5-11-17-24)20-25(28(33)35-2)27(23-14-8-4-9-15-23)26(30)19-18-22-12-6-3-7-13-22/h3-20,26-27H,1-2H3/b19-18+/t26-,27+,30-/m1/s1. The van der Waals surface area contributed by atoms with Gasteiger partial charge in [-0.1, -0.05) is 97.1 Å². The van der Waals surface area contributed by atoms with Crippen LogP contribution in [0.1, 0.15) is 24.0 Å². The Bertz CT molecular complexity index is 1330. The van der Waals surface area contributed by atoms with Gasteiger partial charge in [0.15, 0.2) is 0 Å². The van der Waals surface area contributed by atoms with E-state index >= 15 is 0 Å². The number of anilines is 1. The van der Waals surface area contributed by atoms with E-state index in [4.69, 9.17) is 9.84 Å². The van der Waals surface area contributed by atoms with Crippen LogP contribution in [0.25, 0.3) is 6.08 Å². The number of esters is 1. The van der Waals surface area contributed by atoms with Gasteiger partial charge < -0.3 is 4.74 Å². The van der Waals surface area contributed by atoms with Crippen molar-refractivity contribution in [2.45, 2.75) is 12.8 Å². The molecule has 0 saturated carbocycles. The lowest BCUT2D eigenvalue weighted by atomic mass is 9.69. The summed E-state index contributed by atoms with van der Waals surface area (Å²) in [5, 5.41) is 6.15. The number of amides is 1. The summed E-state index contributed by atoms with van der Waals surface area (Å²) in [5.41, 5.74) is 2.66. The molecule has 1 aliphatic carbocycles. The van der Waals surface area contributed by atoms with Crippen molar-refractivity contribution in [3.8, 4) is 0 Å². The van der Waals surface area contributed by atoms with Gasteiger partial charge in [0.2, 0.25) is 0 Å². The molecule has 0 saturated heterocycles. The number of allylic oxidation sites excluding steroid dienone is 1. The van der Waals surface area contributed by atoms with Crippen molar-refractivity contribution >= 4 is 29.4 Å². The van der Waals surface area contributed by atoms with Crippen LogP contribution in [-0.2, 0) is 14.3 Å². The third-order valence-electron chi connectivity index (χ3n) is 6.87. The van der Waals surface area contributed by atoms with Crippen LogP contribution in [0.2, 0.25) is 0 Å². The maximum Gasteiger partial charge on any atom is 0.334 e. The minimum Gasteiger partial charge on any atom is -0.466 e. The van der Waals surface area contributed by atoms with Crippen LogP contribution in [-0.4, -0.2) is 24.7 Å². The first kappa shape index (κ1) is 22.5. The summed E-state index contributed by atoms with van der Waals surface area (Å²) >= 11 is 0. The molecular formula is C30H26N2O3. The van der Waals surface area contributed by atoms with Gasteiger partial charge in [0.05, 0.1) is 18.5 Å². The van der Waals surface area contributed by atoms with E-state index in [9.17, 15) is 9.59 Å². The first-order chi connectivity index (χ1) is 17.1. The second kappa shape index (κ2) is 9.18. The van der Waals surface area contributed by atoms with Crippen LogP contribution < -0.4 is 5.01 Å². The van der Waals surface area contributed by atoms with Crippen molar-refractivity contribution in [2.75, 3.05) is 12.1 Å². The first-order valence-electron chi connectivity index (χ1n) is 11.6. The maximum atomic E-state index is 14.2. The molecule has 5 heteroatoms. The predicted octanol–water partition coefficient (Wildman–Crippen LogP) is 5.62. The molecule has 0 radical (unpaired) electrons. The van der Waals surface area contributed by atoms with Crippen LogP contribution in [0.15, 0.2) is 114 Å². The summed E-state index contributed by atoms with van der Waals surface area (Å²) in [4.78, 5) is 27.2. The number of carbonyl (C=O) groups excluding carboxylic acids is 2. The number of ether oxygens (including phenoxy) is 1. The smallest absolute Gasteiger partial charge is 0.334 e. The van der Waals surface area contributed by atoms with Gasteiger partial charge in [0.1, 0.15) is 5.41 Å². The fourth-order valence-electron chi connectivity index (χ4n) is 5.18. The quantitative estimate of drug-likeness (QED) is 0.462. The summed E-state index contributed by atoms with van der Waals surface area (Å²) in [6.07, 6.45) is 5.85. The van der Waals surface area contributed by atoms with E-state index in [1.807, 2.05) is 110 Å². The van der Waals surface area contributed by atoms with Crippen molar-refractivity contribution < 1.29 is 14.3 Å². The van der Waals surface area contributed by atoms with E-state index in [1.54, 1.807) is 6.08 Å². The topological polar surface area (TPSA) is 59.0 Å².